The molecule has 2 atom stereocenters. The molecule has 0 radical (unpaired) electrons. The molecule has 2 amide bonds. The SMILES string of the molecule is CC(C)(C)OC(=O)N[C@@H]1CN(S(=O)(=O)C(F)(F)F)CC[C@@H]1NC(=O)OCc1ccccc1. The normalized spacial score (nSPS) is 20.3. The van der Waals surface area contributed by atoms with E-state index in [0.29, 0.717) is 0 Å². The van der Waals surface area contributed by atoms with Gasteiger partial charge in [-0.1, -0.05) is 30.3 Å². The molecule has 32 heavy (non-hydrogen) atoms. The molecule has 1 saturated heterocycles. The third-order valence-corrected chi connectivity index (χ3v) is 6.02. The largest absolute Gasteiger partial charge is 0.511 e. The van der Waals surface area contributed by atoms with Gasteiger partial charge in [0.25, 0.3) is 0 Å². The average Bonchev–Trinajstić information content (AvgIpc) is 2.66. The first-order valence-corrected chi connectivity index (χ1v) is 11.2. The Hall–Kier alpha value is -2.54. The lowest BCUT2D eigenvalue weighted by atomic mass is 10.0. The number of alkyl halides is 3. The molecule has 1 aromatic rings. The van der Waals surface area contributed by atoms with Gasteiger partial charge in [-0.2, -0.15) is 17.5 Å². The minimum Gasteiger partial charge on any atom is -0.445 e. The second-order valence-electron chi connectivity index (χ2n) is 8.16. The number of hydrogen-bond acceptors (Lipinski definition) is 6. The molecule has 0 aromatic heterocycles. The first kappa shape index (κ1) is 25.7. The van der Waals surface area contributed by atoms with E-state index in [9.17, 15) is 31.2 Å². The van der Waals surface area contributed by atoms with Gasteiger partial charge in [0, 0.05) is 13.1 Å². The molecule has 1 aliphatic rings. The molecule has 1 aromatic carbocycles. The van der Waals surface area contributed by atoms with Crippen molar-refractivity contribution >= 4 is 22.2 Å². The molecule has 180 valence electrons. The van der Waals surface area contributed by atoms with E-state index in [1.165, 1.54) is 0 Å². The van der Waals surface area contributed by atoms with Gasteiger partial charge >= 0.3 is 27.7 Å². The summed E-state index contributed by atoms with van der Waals surface area (Å²) in [6.45, 7) is 3.51. The predicted molar refractivity (Wildman–Crippen MR) is 108 cm³/mol. The van der Waals surface area contributed by atoms with Gasteiger partial charge in [0.15, 0.2) is 0 Å². The van der Waals surface area contributed by atoms with E-state index in [-0.39, 0.29) is 17.3 Å². The first-order chi connectivity index (χ1) is 14.7. The van der Waals surface area contributed by atoms with Gasteiger partial charge in [-0.05, 0) is 32.8 Å². The number of nitrogens with one attached hydrogen (secondary N) is 2. The van der Waals surface area contributed by atoms with Crippen molar-refractivity contribution in [1.29, 1.82) is 0 Å². The molecule has 0 aliphatic carbocycles. The summed E-state index contributed by atoms with van der Waals surface area (Å²) >= 11 is 0. The monoisotopic (exact) mass is 481 g/mol. The summed E-state index contributed by atoms with van der Waals surface area (Å²) in [5.74, 6) is 0. The molecule has 0 bridgehead atoms. The highest BCUT2D eigenvalue weighted by molar-refractivity contribution is 7.90. The molecule has 0 unspecified atom stereocenters. The quantitative estimate of drug-likeness (QED) is 0.669. The van der Waals surface area contributed by atoms with Gasteiger partial charge in [0.05, 0.1) is 12.1 Å². The second kappa shape index (κ2) is 9.94. The van der Waals surface area contributed by atoms with E-state index >= 15 is 0 Å². The molecule has 2 N–H and O–H groups in total. The molecule has 13 heteroatoms. The number of sulfonamides is 1. The number of amides is 2. The zero-order valence-electron chi connectivity index (χ0n) is 17.8. The Balaban J connectivity index is 2.09. The van der Waals surface area contributed by atoms with Crippen LogP contribution in [-0.4, -0.2) is 61.2 Å². The van der Waals surface area contributed by atoms with Gasteiger partial charge < -0.3 is 20.1 Å². The summed E-state index contributed by atoms with van der Waals surface area (Å²) in [7, 11) is -5.60. The van der Waals surface area contributed by atoms with Crippen molar-refractivity contribution in [2.45, 2.75) is 57.0 Å². The fourth-order valence-corrected chi connectivity index (χ4v) is 3.98. The Morgan fingerprint density at radius 1 is 1.06 bits per heavy atom. The van der Waals surface area contributed by atoms with Crippen LogP contribution in [0, 0.1) is 0 Å². The van der Waals surface area contributed by atoms with Gasteiger partial charge in [0.1, 0.15) is 12.2 Å². The zero-order chi connectivity index (χ0) is 24.2. The third-order valence-electron chi connectivity index (χ3n) is 4.43. The van der Waals surface area contributed by atoms with Crippen molar-refractivity contribution in [2.24, 2.45) is 0 Å². The van der Waals surface area contributed by atoms with Gasteiger partial charge in [-0.25, -0.2) is 18.0 Å². The van der Waals surface area contributed by atoms with Crippen LogP contribution >= 0.6 is 0 Å². The van der Waals surface area contributed by atoms with Gasteiger partial charge in [0.2, 0.25) is 0 Å². The zero-order valence-corrected chi connectivity index (χ0v) is 18.6. The van der Waals surface area contributed by atoms with Crippen molar-refractivity contribution < 1.29 is 40.7 Å². The van der Waals surface area contributed by atoms with E-state index in [4.69, 9.17) is 9.47 Å². The van der Waals surface area contributed by atoms with Crippen molar-refractivity contribution in [2.75, 3.05) is 13.1 Å². The smallest absolute Gasteiger partial charge is 0.445 e. The first-order valence-electron chi connectivity index (χ1n) is 9.72. The minimum absolute atomic E-state index is 0.0435. The van der Waals surface area contributed by atoms with Gasteiger partial charge in [-0.15, -0.1) is 0 Å². The van der Waals surface area contributed by atoms with Crippen LogP contribution in [0.15, 0.2) is 30.3 Å². The van der Waals surface area contributed by atoms with Crippen LogP contribution in [0.1, 0.15) is 32.8 Å². The van der Waals surface area contributed by atoms with Crippen LogP contribution in [0.5, 0.6) is 0 Å². The Kier molecular flexibility index (Phi) is 7.99. The number of rotatable bonds is 5. The maximum Gasteiger partial charge on any atom is 0.511 e. The Morgan fingerprint density at radius 2 is 1.66 bits per heavy atom. The minimum atomic E-state index is -5.60. The second-order valence-corrected chi connectivity index (χ2v) is 10.1. The maximum atomic E-state index is 13.0. The van der Waals surface area contributed by atoms with Crippen LogP contribution in [0.3, 0.4) is 0 Å². The van der Waals surface area contributed by atoms with Crippen LogP contribution in [0.4, 0.5) is 22.8 Å². The maximum absolute atomic E-state index is 13.0. The lowest BCUT2D eigenvalue weighted by Gasteiger charge is -2.38. The molecule has 0 spiro atoms. The van der Waals surface area contributed by atoms with Crippen LogP contribution in [-0.2, 0) is 26.1 Å². The number of alkyl carbamates (subject to hydrolysis) is 2. The van der Waals surface area contributed by atoms with E-state index < -0.39 is 58.5 Å². The topological polar surface area (TPSA) is 114 Å². The highest BCUT2D eigenvalue weighted by Gasteiger charge is 2.52. The van der Waals surface area contributed by atoms with Gasteiger partial charge in [-0.3, -0.25) is 0 Å². The summed E-state index contributed by atoms with van der Waals surface area (Å²) < 4.78 is 72.9. The summed E-state index contributed by atoms with van der Waals surface area (Å²) in [4.78, 5) is 24.3. The third kappa shape index (κ3) is 7.26. The van der Waals surface area contributed by atoms with Crippen LogP contribution in [0.2, 0.25) is 0 Å². The van der Waals surface area contributed by atoms with Crippen molar-refractivity contribution in [3.8, 4) is 0 Å². The summed E-state index contributed by atoms with van der Waals surface area (Å²) in [5, 5.41) is 4.84. The summed E-state index contributed by atoms with van der Waals surface area (Å²) in [6.07, 6.45) is -2.00. The molecule has 1 heterocycles. The number of carbonyl (C=O) groups is 2. The lowest BCUT2D eigenvalue weighted by molar-refractivity contribution is -0.0498. The molecule has 1 aliphatic heterocycles. The average molecular weight is 481 g/mol. The van der Waals surface area contributed by atoms with Crippen LogP contribution < -0.4 is 10.6 Å². The standard InChI is InChI=1S/C19H26F3N3O6S/c1-18(2,3)31-17(27)24-15-11-25(32(28,29)19(20,21)22)10-9-14(15)23-16(26)30-12-13-7-5-4-6-8-13/h4-8,14-15H,9-12H2,1-3H3,(H,23,26)(H,24,27)/t14-,15+/m0/s1. The van der Waals surface area contributed by atoms with E-state index in [1.54, 1.807) is 51.1 Å². The number of piperidine rings is 1. The molecule has 1 fully saturated rings. The summed E-state index contributed by atoms with van der Waals surface area (Å²) in [6, 6.07) is 6.72. The Morgan fingerprint density at radius 3 is 2.22 bits per heavy atom. The number of hydrogen-bond donors (Lipinski definition) is 2. The fourth-order valence-electron chi connectivity index (χ4n) is 2.98. The molecule has 0 saturated carbocycles. The van der Waals surface area contributed by atoms with E-state index in [1.807, 2.05) is 0 Å². The number of benzene rings is 1. The molecular formula is C19H26F3N3O6S. The molecule has 2 rings (SSSR count). The lowest BCUT2D eigenvalue weighted by Crippen LogP contribution is -2.62. The Labute approximate surface area is 184 Å². The molecular weight excluding hydrogens is 455 g/mol. The molecule has 9 nitrogen and oxygen atoms in total. The number of halogens is 3. The number of ether oxygens (including phenoxy) is 2. The van der Waals surface area contributed by atoms with E-state index in [2.05, 4.69) is 10.6 Å². The fraction of sp³-hybridized carbons (Fsp3) is 0.579. The summed E-state index contributed by atoms with van der Waals surface area (Å²) in [5.41, 5.74) is -5.66. The van der Waals surface area contributed by atoms with Crippen molar-refractivity contribution in [3.63, 3.8) is 0 Å². The van der Waals surface area contributed by atoms with Crippen molar-refractivity contribution in [1.82, 2.24) is 14.9 Å². The van der Waals surface area contributed by atoms with Crippen LogP contribution in [0.25, 0.3) is 0 Å². The van der Waals surface area contributed by atoms with Crippen molar-refractivity contribution in [3.05, 3.63) is 35.9 Å². The number of carbonyl (C=O) groups excluding carboxylic acids is 2. The number of nitrogens with zero attached hydrogens (tertiary/aromatic N) is 1. The highest BCUT2D eigenvalue weighted by Crippen LogP contribution is 2.29. The Bertz CT molecular complexity index is 903. The van der Waals surface area contributed by atoms with E-state index in [0.717, 1.165) is 5.56 Å². The predicted octanol–water partition coefficient (Wildman–Crippen LogP) is 2.73. The highest BCUT2D eigenvalue weighted by atomic mass is 32.2.